The van der Waals surface area contributed by atoms with Crippen LogP contribution in [0.15, 0.2) is 6.33 Å². The fourth-order valence-electron chi connectivity index (χ4n) is 0.895. The van der Waals surface area contributed by atoms with Crippen molar-refractivity contribution in [3.05, 3.63) is 12.2 Å². The van der Waals surface area contributed by atoms with Gasteiger partial charge < -0.3 is 5.11 Å². The van der Waals surface area contributed by atoms with Crippen molar-refractivity contribution in [2.45, 2.75) is 20.4 Å². The molecule has 0 spiro atoms. The van der Waals surface area contributed by atoms with Crippen molar-refractivity contribution in [3.8, 4) is 6.07 Å². The molecular weight excluding hydrogens is 184 g/mol. The molecule has 0 radical (unpaired) electrons. The lowest BCUT2D eigenvalue weighted by atomic mass is 9.94. The van der Waals surface area contributed by atoms with E-state index in [1.165, 1.54) is 11.0 Å². The summed E-state index contributed by atoms with van der Waals surface area (Å²) >= 11 is 0. The number of carbonyl (C=O) groups is 1. The summed E-state index contributed by atoms with van der Waals surface area (Å²) < 4.78 is 1.35. The summed E-state index contributed by atoms with van der Waals surface area (Å²) in [5.41, 5.74) is -0.916. The van der Waals surface area contributed by atoms with Gasteiger partial charge in [0, 0.05) is 0 Å². The van der Waals surface area contributed by atoms with Crippen molar-refractivity contribution in [2.24, 2.45) is 5.41 Å². The minimum absolute atomic E-state index is 0.0474. The number of nitriles is 1. The molecule has 1 aromatic heterocycles. The van der Waals surface area contributed by atoms with Crippen molar-refractivity contribution in [1.29, 1.82) is 5.26 Å². The van der Waals surface area contributed by atoms with Crippen LogP contribution in [0.5, 0.6) is 0 Å². The van der Waals surface area contributed by atoms with E-state index in [0.717, 1.165) is 0 Å². The Balaban J connectivity index is 2.79. The molecule has 1 aromatic rings. The lowest BCUT2D eigenvalue weighted by molar-refractivity contribution is -0.147. The van der Waals surface area contributed by atoms with Crippen molar-refractivity contribution >= 4 is 5.97 Å². The minimum Gasteiger partial charge on any atom is -0.481 e. The number of carboxylic acids is 1. The van der Waals surface area contributed by atoms with Gasteiger partial charge in [0.2, 0.25) is 0 Å². The highest BCUT2D eigenvalue weighted by atomic mass is 16.4. The van der Waals surface area contributed by atoms with E-state index >= 15 is 0 Å². The van der Waals surface area contributed by atoms with Crippen LogP contribution < -0.4 is 0 Å². The van der Waals surface area contributed by atoms with Gasteiger partial charge in [-0.25, -0.2) is 4.98 Å². The quantitative estimate of drug-likeness (QED) is 0.745. The predicted molar refractivity (Wildman–Crippen MR) is 46.2 cm³/mol. The molecule has 0 aliphatic heterocycles. The highest BCUT2D eigenvalue weighted by molar-refractivity contribution is 5.73. The number of carboxylic acid groups (broad SMARTS) is 1. The Kier molecular flexibility index (Phi) is 2.51. The maximum atomic E-state index is 10.8. The Morgan fingerprint density at radius 2 is 2.43 bits per heavy atom. The summed E-state index contributed by atoms with van der Waals surface area (Å²) in [6.45, 7) is 3.36. The summed E-state index contributed by atoms with van der Waals surface area (Å²) in [5, 5.41) is 21.1. The van der Waals surface area contributed by atoms with E-state index in [2.05, 4.69) is 10.1 Å². The minimum atomic E-state index is -0.916. The normalized spacial score (nSPS) is 10.9. The molecule has 0 atom stereocenters. The average molecular weight is 194 g/mol. The molecule has 0 aliphatic rings. The van der Waals surface area contributed by atoms with E-state index in [9.17, 15) is 4.79 Å². The molecule has 6 heteroatoms. The Morgan fingerprint density at radius 1 is 1.79 bits per heavy atom. The second-order valence-electron chi connectivity index (χ2n) is 3.57. The molecule has 0 saturated heterocycles. The van der Waals surface area contributed by atoms with Crippen LogP contribution in [0.25, 0.3) is 0 Å². The van der Waals surface area contributed by atoms with Crippen molar-refractivity contribution in [3.63, 3.8) is 0 Å². The van der Waals surface area contributed by atoms with E-state index in [4.69, 9.17) is 10.4 Å². The fourth-order valence-corrected chi connectivity index (χ4v) is 0.895. The van der Waals surface area contributed by atoms with Gasteiger partial charge in [-0.3, -0.25) is 9.48 Å². The molecule has 0 fully saturated rings. The fraction of sp³-hybridized carbons (Fsp3) is 0.500. The van der Waals surface area contributed by atoms with Gasteiger partial charge in [-0.2, -0.15) is 5.26 Å². The van der Waals surface area contributed by atoms with E-state index in [-0.39, 0.29) is 12.4 Å². The molecule has 0 aliphatic carbocycles. The largest absolute Gasteiger partial charge is 0.481 e. The van der Waals surface area contributed by atoms with Crippen LogP contribution in [-0.2, 0) is 11.3 Å². The summed E-state index contributed by atoms with van der Waals surface area (Å²) in [6.07, 6.45) is 1.35. The van der Waals surface area contributed by atoms with Crippen LogP contribution in [-0.4, -0.2) is 25.8 Å². The topological polar surface area (TPSA) is 91.8 Å². The summed E-state index contributed by atoms with van der Waals surface area (Å²) in [6, 6.07) is 1.77. The van der Waals surface area contributed by atoms with Gasteiger partial charge in [0.05, 0.1) is 12.0 Å². The highest BCUT2D eigenvalue weighted by Gasteiger charge is 2.28. The van der Waals surface area contributed by atoms with Gasteiger partial charge in [0.1, 0.15) is 12.4 Å². The molecule has 1 rings (SSSR count). The summed E-state index contributed by atoms with van der Waals surface area (Å²) in [4.78, 5) is 14.5. The molecule has 6 nitrogen and oxygen atoms in total. The molecule has 14 heavy (non-hydrogen) atoms. The van der Waals surface area contributed by atoms with E-state index in [0.29, 0.717) is 0 Å². The number of hydrogen-bond acceptors (Lipinski definition) is 4. The second kappa shape index (κ2) is 3.46. The molecule has 0 amide bonds. The third-order valence-electron chi connectivity index (χ3n) is 1.77. The van der Waals surface area contributed by atoms with E-state index in [1.807, 2.05) is 0 Å². The Bertz CT molecular complexity index is 388. The smallest absolute Gasteiger partial charge is 0.310 e. The van der Waals surface area contributed by atoms with Crippen LogP contribution in [0.2, 0.25) is 0 Å². The molecule has 0 aromatic carbocycles. The zero-order chi connectivity index (χ0) is 10.8. The highest BCUT2D eigenvalue weighted by Crippen LogP contribution is 2.17. The lowest BCUT2D eigenvalue weighted by Gasteiger charge is -2.17. The van der Waals surface area contributed by atoms with Gasteiger partial charge in [-0.1, -0.05) is 0 Å². The van der Waals surface area contributed by atoms with Crippen molar-refractivity contribution < 1.29 is 9.90 Å². The zero-order valence-corrected chi connectivity index (χ0v) is 7.93. The van der Waals surface area contributed by atoms with Crippen LogP contribution in [0.3, 0.4) is 0 Å². The number of aliphatic carboxylic acids is 1. The molecule has 0 saturated carbocycles. The first-order valence-electron chi connectivity index (χ1n) is 3.98. The van der Waals surface area contributed by atoms with E-state index < -0.39 is 11.4 Å². The van der Waals surface area contributed by atoms with Gasteiger partial charge in [0.25, 0.3) is 5.82 Å². The van der Waals surface area contributed by atoms with E-state index in [1.54, 1.807) is 19.9 Å². The first kappa shape index (κ1) is 10.2. The molecule has 1 N–H and O–H groups in total. The third-order valence-corrected chi connectivity index (χ3v) is 1.77. The lowest BCUT2D eigenvalue weighted by Crippen LogP contribution is -2.29. The molecule has 0 bridgehead atoms. The number of nitrogens with zero attached hydrogens (tertiary/aromatic N) is 4. The molecule has 0 unspecified atom stereocenters. The third kappa shape index (κ3) is 2.07. The number of hydrogen-bond donors (Lipinski definition) is 1. The first-order valence-corrected chi connectivity index (χ1v) is 3.98. The van der Waals surface area contributed by atoms with Gasteiger partial charge in [0.15, 0.2) is 0 Å². The molecular formula is C8H10N4O2. The van der Waals surface area contributed by atoms with Crippen LogP contribution in [0.1, 0.15) is 19.7 Å². The molecule has 1 heterocycles. The maximum absolute atomic E-state index is 10.8. The predicted octanol–water partition coefficient (Wildman–Crippen LogP) is 0.261. The van der Waals surface area contributed by atoms with Crippen LogP contribution >= 0.6 is 0 Å². The first-order chi connectivity index (χ1) is 6.45. The van der Waals surface area contributed by atoms with Crippen molar-refractivity contribution in [2.75, 3.05) is 0 Å². The summed E-state index contributed by atoms with van der Waals surface area (Å²) in [7, 11) is 0. The van der Waals surface area contributed by atoms with Crippen LogP contribution in [0.4, 0.5) is 0 Å². The number of rotatable bonds is 3. The second-order valence-corrected chi connectivity index (χ2v) is 3.57. The molecule has 74 valence electrons. The number of aromatic nitrogens is 3. The summed E-state index contributed by atoms with van der Waals surface area (Å²) in [5.74, 6) is -0.863. The van der Waals surface area contributed by atoms with Crippen molar-refractivity contribution in [1.82, 2.24) is 14.8 Å². The Hall–Kier alpha value is -1.90. The van der Waals surface area contributed by atoms with Gasteiger partial charge in [-0.05, 0) is 13.8 Å². The zero-order valence-electron chi connectivity index (χ0n) is 7.93. The maximum Gasteiger partial charge on any atom is 0.310 e. The Morgan fingerprint density at radius 3 is 2.86 bits per heavy atom. The van der Waals surface area contributed by atoms with Gasteiger partial charge in [-0.15, -0.1) is 5.10 Å². The van der Waals surface area contributed by atoms with Gasteiger partial charge >= 0.3 is 5.97 Å². The Labute approximate surface area is 80.8 Å². The van der Waals surface area contributed by atoms with Crippen LogP contribution in [0, 0.1) is 16.7 Å². The standard InChI is InChI=1S/C8H10N4O2/c1-8(2,7(13)14)4-12-5-10-6(3-9)11-12/h5H,4H2,1-2H3,(H,13,14). The monoisotopic (exact) mass is 194 g/mol. The SMILES string of the molecule is CC(C)(Cn1cnc(C#N)n1)C(=O)O. The average Bonchev–Trinajstić information content (AvgIpc) is 2.51.